The van der Waals surface area contributed by atoms with Crippen LogP contribution in [-0.2, 0) is 29.2 Å². The Labute approximate surface area is 250 Å². The van der Waals surface area contributed by atoms with E-state index in [0.717, 1.165) is 33.0 Å². The number of aromatic nitrogens is 1. The van der Waals surface area contributed by atoms with Crippen LogP contribution in [0.3, 0.4) is 0 Å². The number of rotatable bonds is 8. The first kappa shape index (κ1) is 28.7. The van der Waals surface area contributed by atoms with E-state index in [-0.39, 0.29) is 30.4 Å². The average Bonchev–Trinajstić information content (AvgIpc) is 3.02. The predicted octanol–water partition coefficient (Wildman–Crippen LogP) is 3.13. The molecule has 2 bridgehead atoms. The number of carbonyl (C=O) groups is 3. The molecule has 3 aliphatic heterocycles. The number of pyridine rings is 1. The van der Waals surface area contributed by atoms with Gasteiger partial charge in [-0.1, -0.05) is 42.5 Å². The topological polar surface area (TPSA) is 101 Å². The lowest BCUT2D eigenvalue weighted by molar-refractivity contribution is -0.159. The Morgan fingerprint density at radius 3 is 2.28 bits per heavy atom. The van der Waals surface area contributed by atoms with Gasteiger partial charge in [0.15, 0.2) is 11.5 Å². The molecule has 4 heterocycles. The summed E-state index contributed by atoms with van der Waals surface area (Å²) in [6, 6.07) is 19.9. The van der Waals surface area contributed by atoms with Crippen molar-refractivity contribution >= 4 is 17.8 Å². The largest absolute Gasteiger partial charge is 0.493 e. The first-order chi connectivity index (χ1) is 20.7. The molecule has 10 heteroatoms. The number of hydrogen-bond donors (Lipinski definition) is 0. The first-order valence-corrected chi connectivity index (χ1v) is 14.6. The second kappa shape index (κ2) is 11.3. The lowest BCUT2D eigenvalue weighted by Crippen LogP contribution is -2.67. The van der Waals surface area contributed by atoms with Crippen LogP contribution < -0.4 is 15.0 Å². The Bertz CT molecular complexity index is 1600. The summed E-state index contributed by atoms with van der Waals surface area (Å²) in [7, 11) is 4.42. The van der Waals surface area contributed by atoms with Crippen molar-refractivity contribution in [3.8, 4) is 11.5 Å². The van der Waals surface area contributed by atoms with Crippen LogP contribution in [0.4, 0.5) is 4.79 Å². The van der Waals surface area contributed by atoms with Crippen LogP contribution in [0.15, 0.2) is 71.5 Å². The predicted molar refractivity (Wildman–Crippen MR) is 159 cm³/mol. The quantitative estimate of drug-likeness (QED) is 0.375. The highest BCUT2D eigenvalue weighted by Gasteiger charge is 2.56. The van der Waals surface area contributed by atoms with Crippen LogP contribution in [-0.4, -0.2) is 78.0 Å². The van der Waals surface area contributed by atoms with Crippen LogP contribution in [0, 0.1) is 11.3 Å². The van der Waals surface area contributed by atoms with Gasteiger partial charge < -0.3 is 18.9 Å². The summed E-state index contributed by atoms with van der Waals surface area (Å²) in [6.45, 7) is 2.34. The Hall–Kier alpha value is -4.44. The molecule has 6 rings (SSSR count). The molecule has 3 aliphatic rings. The van der Waals surface area contributed by atoms with Crippen LogP contribution >= 0.6 is 0 Å². The normalized spacial score (nSPS) is 21.5. The van der Waals surface area contributed by atoms with Gasteiger partial charge in [0.2, 0.25) is 11.8 Å². The minimum absolute atomic E-state index is 0.00121. The van der Waals surface area contributed by atoms with Crippen LogP contribution in [0.5, 0.6) is 11.5 Å². The van der Waals surface area contributed by atoms with Gasteiger partial charge in [-0.05, 0) is 48.1 Å². The van der Waals surface area contributed by atoms with E-state index in [4.69, 9.17) is 9.47 Å². The molecule has 2 atom stereocenters. The van der Waals surface area contributed by atoms with E-state index in [1.165, 1.54) is 14.1 Å². The molecule has 0 radical (unpaired) electrons. The number of nitrogens with zero attached hydrogens (tertiary/aromatic N) is 4. The van der Waals surface area contributed by atoms with E-state index in [1.807, 2.05) is 53.1 Å². The highest BCUT2D eigenvalue weighted by atomic mass is 16.5. The van der Waals surface area contributed by atoms with Crippen molar-refractivity contribution in [3.63, 3.8) is 0 Å². The van der Waals surface area contributed by atoms with Crippen molar-refractivity contribution in [2.24, 2.45) is 11.3 Å². The molecule has 224 valence electrons. The van der Waals surface area contributed by atoms with E-state index in [1.54, 1.807) is 25.3 Å². The standard InChI is InChI=1S/C33H36N4O6/c1-34-30(39)33(31(40)35(2)32(34)41,21-36-17-24-14-25(19-36)26-10-7-11-29(38)37(26)18-24)16-23-12-13-27(42-3)28(15-23)43-20-22-8-5-4-6-9-22/h4-13,15,24-25H,14,16-21H2,1-3H3/t24-,25+/m1/s1. The summed E-state index contributed by atoms with van der Waals surface area (Å²) in [5.74, 6) is 0.335. The van der Waals surface area contributed by atoms with Gasteiger partial charge in [0, 0.05) is 58.0 Å². The maximum absolute atomic E-state index is 14.0. The number of ether oxygens (including phenoxy) is 2. The van der Waals surface area contributed by atoms with Gasteiger partial charge in [0.25, 0.3) is 5.56 Å². The fourth-order valence-electron chi connectivity index (χ4n) is 7.01. The lowest BCUT2D eigenvalue weighted by Gasteiger charge is -2.48. The zero-order valence-electron chi connectivity index (χ0n) is 24.7. The number of imide groups is 2. The van der Waals surface area contributed by atoms with Gasteiger partial charge in [-0.15, -0.1) is 0 Å². The van der Waals surface area contributed by atoms with Gasteiger partial charge in [-0.3, -0.25) is 24.2 Å². The molecule has 0 aliphatic carbocycles. The maximum atomic E-state index is 14.0. The van der Waals surface area contributed by atoms with Gasteiger partial charge in [0.1, 0.15) is 12.0 Å². The first-order valence-electron chi connectivity index (χ1n) is 14.6. The number of hydrogen-bond acceptors (Lipinski definition) is 7. The minimum Gasteiger partial charge on any atom is -0.493 e. The molecule has 1 aromatic heterocycles. The molecular weight excluding hydrogens is 548 g/mol. The number of amides is 4. The van der Waals surface area contributed by atoms with Crippen LogP contribution in [0.1, 0.15) is 29.2 Å². The second-order valence-corrected chi connectivity index (χ2v) is 11.9. The Balaban J connectivity index is 1.32. The summed E-state index contributed by atoms with van der Waals surface area (Å²) < 4.78 is 13.5. The molecule has 0 unspecified atom stereocenters. The fraction of sp³-hybridized carbons (Fsp3) is 0.394. The monoisotopic (exact) mass is 584 g/mol. The summed E-state index contributed by atoms with van der Waals surface area (Å²) in [5.41, 5.74) is 1.18. The molecule has 10 nitrogen and oxygen atoms in total. The number of fused-ring (bicyclic) bond motifs is 4. The molecule has 2 aromatic carbocycles. The van der Waals surface area contributed by atoms with E-state index < -0.39 is 23.3 Å². The van der Waals surface area contributed by atoms with E-state index in [0.29, 0.717) is 37.7 Å². The summed E-state index contributed by atoms with van der Waals surface area (Å²) in [6.07, 6.45) is 1.04. The second-order valence-electron chi connectivity index (χ2n) is 11.9. The van der Waals surface area contributed by atoms with Gasteiger partial charge in [0.05, 0.1) is 7.11 Å². The highest BCUT2D eigenvalue weighted by Crippen LogP contribution is 2.40. The van der Waals surface area contributed by atoms with E-state index in [9.17, 15) is 19.2 Å². The number of carbonyl (C=O) groups excluding carboxylic acids is 3. The van der Waals surface area contributed by atoms with Gasteiger partial charge in [-0.2, -0.15) is 0 Å². The number of methoxy groups -OCH3 is 1. The van der Waals surface area contributed by atoms with Crippen molar-refractivity contribution in [2.45, 2.75) is 31.9 Å². The molecule has 0 spiro atoms. The number of likely N-dealkylation sites (tertiary alicyclic amines) is 1. The number of urea groups is 1. The van der Waals surface area contributed by atoms with Crippen LogP contribution in [0.2, 0.25) is 0 Å². The van der Waals surface area contributed by atoms with Crippen molar-refractivity contribution in [1.82, 2.24) is 19.3 Å². The maximum Gasteiger partial charge on any atom is 0.332 e. The Morgan fingerprint density at radius 1 is 0.814 bits per heavy atom. The molecule has 3 aromatic rings. The molecule has 0 saturated carbocycles. The Kier molecular flexibility index (Phi) is 7.56. The summed E-state index contributed by atoms with van der Waals surface area (Å²) in [5, 5.41) is 0. The van der Waals surface area contributed by atoms with Gasteiger partial charge in [-0.25, -0.2) is 4.79 Å². The smallest absolute Gasteiger partial charge is 0.332 e. The summed E-state index contributed by atoms with van der Waals surface area (Å²) in [4.78, 5) is 57.7. The van der Waals surface area contributed by atoms with Crippen molar-refractivity contribution in [2.75, 3.05) is 40.8 Å². The average molecular weight is 585 g/mol. The lowest BCUT2D eigenvalue weighted by atomic mass is 9.75. The SMILES string of the molecule is COc1ccc(CC2(CN3C[C@H]4C[C@@H](C3)c3cccc(=O)n3C4)C(=O)N(C)C(=O)N(C)C2=O)cc1OCc1ccccc1. The van der Waals surface area contributed by atoms with Crippen molar-refractivity contribution in [3.05, 3.63) is 93.9 Å². The molecule has 2 fully saturated rings. The minimum atomic E-state index is -1.52. The number of benzene rings is 2. The molecular formula is C33H36N4O6. The number of barbiturate groups is 1. The molecule has 4 amide bonds. The zero-order chi connectivity index (χ0) is 30.3. The van der Waals surface area contributed by atoms with Crippen molar-refractivity contribution < 1.29 is 23.9 Å². The summed E-state index contributed by atoms with van der Waals surface area (Å²) >= 11 is 0. The van der Waals surface area contributed by atoms with Crippen LogP contribution in [0.25, 0.3) is 0 Å². The van der Waals surface area contributed by atoms with E-state index in [2.05, 4.69) is 4.90 Å². The zero-order valence-corrected chi connectivity index (χ0v) is 24.7. The molecule has 0 N–H and O–H groups in total. The third kappa shape index (κ3) is 5.20. The highest BCUT2D eigenvalue weighted by molar-refractivity contribution is 6.19. The Morgan fingerprint density at radius 2 is 1.56 bits per heavy atom. The molecule has 2 saturated heterocycles. The van der Waals surface area contributed by atoms with E-state index >= 15 is 0 Å². The molecule has 43 heavy (non-hydrogen) atoms. The third-order valence-corrected chi connectivity index (χ3v) is 9.02. The van der Waals surface area contributed by atoms with Crippen molar-refractivity contribution in [1.29, 1.82) is 0 Å². The fourth-order valence-corrected chi connectivity index (χ4v) is 7.01. The third-order valence-electron chi connectivity index (χ3n) is 9.02. The number of piperidine rings is 1. The van der Waals surface area contributed by atoms with Gasteiger partial charge >= 0.3 is 6.03 Å².